The van der Waals surface area contributed by atoms with E-state index in [2.05, 4.69) is 22.1 Å². The number of carbonyl (C=O) groups excluding carboxylic acids is 3. The molecule has 196 valence electrons. The standard InChI is InChI=1S/C25H29N5O5S2/c1-6-10-30-18(12-34-17-9-7-8-15(4)11-17)28-29-25(30)36-13-19(31)27-23-20(24(33)35-14(2)3)16(5)21(37-23)22(26)32/h6-9,11,14H,1,10,12-13H2,2-5H3,(H2,26,32)(H,27,31). The summed E-state index contributed by atoms with van der Waals surface area (Å²) >= 11 is 2.11. The van der Waals surface area contributed by atoms with Crippen LogP contribution in [0.25, 0.3) is 0 Å². The van der Waals surface area contributed by atoms with Crippen LogP contribution in [0.2, 0.25) is 0 Å². The zero-order chi connectivity index (χ0) is 27.1. The minimum atomic E-state index is -0.686. The van der Waals surface area contributed by atoms with E-state index in [-0.39, 0.29) is 33.9 Å². The first-order valence-corrected chi connectivity index (χ1v) is 13.2. The smallest absolute Gasteiger partial charge is 0.341 e. The third kappa shape index (κ3) is 7.20. The molecular formula is C25H29N5O5S2. The summed E-state index contributed by atoms with van der Waals surface area (Å²) in [6.45, 7) is 11.4. The lowest BCUT2D eigenvalue weighted by Gasteiger charge is -2.11. The number of thioether (sulfide) groups is 1. The molecule has 0 aliphatic rings. The number of nitrogens with two attached hydrogens (primary N) is 1. The fourth-order valence-electron chi connectivity index (χ4n) is 3.35. The molecule has 2 aromatic heterocycles. The molecule has 37 heavy (non-hydrogen) atoms. The fraction of sp³-hybridized carbons (Fsp3) is 0.320. The Labute approximate surface area is 223 Å². The number of nitrogens with zero attached hydrogens (tertiary/aromatic N) is 3. The number of benzene rings is 1. The molecule has 2 amide bonds. The van der Waals surface area contributed by atoms with E-state index < -0.39 is 17.8 Å². The normalized spacial score (nSPS) is 10.8. The molecular weight excluding hydrogens is 514 g/mol. The van der Waals surface area contributed by atoms with Gasteiger partial charge >= 0.3 is 5.97 Å². The molecule has 0 radical (unpaired) electrons. The number of carbonyl (C=O) groups is 3. The summed E-state index contributed by atoms with van der Waals surface area (Å²) in [7, 11) is 0. The first-order valence-electron chi connectivity index (χ1n) is 11.4. The molecule has 0 aliphatic carbocycles. The average molecular weight is 544 g/mol. The summed E-state index contributed by atoms with van der Waals surface area (Å²) in [4.78, 5) is 37.4. The van der Waals surface area contributed by atoms with Crippen molar-refractivity contribution in [1.29, 1.82) is 0 Å². The van der Waals surface area contributed by atoms with Crippen LogP contribution in [0, 0.1) is 13.8 Å². The van der Waals surface area contributed by atoms with E-state index in [0.29, 0.717) is 23.1 Å². The maximum absolute atomic E-state index is 12.8. The molecule has 0 saturated carbocycles. The number of esters is 1. The van der Waals surface area contributed by atoms with Crippen LogP contribution >= 0.6 is 23.1 Å². The van der Waals surface area contributed by atoms with Crippen molar-refractivity contribution in [2.45, 2.75) is 52.1 Å². The van der Waals surface area contributed by atoms with Gasteiger partial charge in [-0.25, -0.2) is 4.79 Å². The molecule has 0 aliphatic heterocycles. The molecule has 2 heterocycles. The third-order valence-corrected chi connectivity index (χ3v) is 7.15. The van der Waals surface area contributed by atoms with E-state index in [9.17, 15) is 14.4 Å². The highest BCUT2D eigenvalue weighted by Crippen LogP contribution is 2.34. The quantitative estimate of drug-likeness (QED) is 0.198. The van der Waals surface area contributed by atoms with Crippen molar-refractivity contribution < 1.29 is 23.9 Å². The summed E-state index contributed by atoms with van der Waals surface area (Å²) in [6.07, 6.45) is 1.33. The lowest BCUT2D eigenvalue weighted by molar-refractivity contribution is -0.113. The first kappa shape index (κ1) is 27.9. The van der Waals surface area contributed by atoms with Gasteiger partial charge in [0.05, 0.1) is 22.3 Å². The number of rotatable bonds is 12. The minimum absolute atomic E-state index is 0.0183. The van der Waals surface area contributed by atoms with Crippen LogP contribution in [0.5, 0.6) is 5.75 Å². The van der Waals surface area contributed by atoms with E-state index in [4.69, 9.17) is 15.2 Å². The van der Waals surface area contributed by atoms with Crippen molar-refractivity contribution in [3.63, 3.8) is 0 Å². The molecule has 1 aromatic carbocycles. The Morgan fingerprint density at radius 1 is 1.27 bits per heavy atom. The van der Waals surface area contributed by atoms with E-state index in [1.54, 1.807) is 26.8 Å². The van der Waals surface area contributed by atoms with Gasteiger partial charge in [-0.2, -0.15) is 0 Å². The van der Waals surface area contributed by atoms with Gasteiger partial charge in [0.25, 0.3) is 5.91 Å². The second-order valence-corrected chi connectivity index (χ2v) is 10.3. The Morgan fingerprint density at radius 2 is 2.03 bits per heavy atom. The lowest BCUT2D eigenvalue weighted by atomic mass is 10.1. The Morgan fingerprint density at radius 3 is 2.68 bits per heavy atom. The lowest BCUT2D eigenvalue weighted by Crippen LogP contribution is -2.18. The van der Waals surface area contributed by atoms with Gasteiger partial charge in [0.2, 0.25) is 5.91 Å². The molecule has 0 unspecified atom stereocenters. The Kier molecular flexibility index (Phi) is 9.48. The van der Waals surface area contributed by atoms with E-state index in [1.807, 2.05) is 35.8 Å². The monoisotopic (exact) mass is 543 g/mol. The highest BCUT2D eigenvalue weighted by atomic mass is 32.2. The van der Waals surface area contributed by atoms with Gasteiger partial charge in [0, 0.05) is 6.54 Å². The molecule has 0 spiro atoms. The molecule has 0 atom stereocenters. The topological polar surface area (TPSA) is 138 Å². The minimum Gasteiger partial charge on any atom is -0.486 e. The summed E-state index contributed by atoms with van der Waals surface area (Å²) in [6, 6.07) is 7.68. The van der Waals surface area contributed by atoms with Gasteiger partial charge in [0.15, 0.2) is 11.0 Å². The molecule has 10 nitrogen and oxygen atoms in total. The Bertz CT molecular complexity index is 1310. The number of amides is 2. The number of aryl methyl sites for hydroxylation is 1. The molecule has 3 rings (SSSR count). The van der Waals surface area contributed by atoms with Crippen molar-refractivity contribution in [2.24, 2.45) is 5.73 Å². The maximum atomic E-state index is 12.8. The molecule has 3 N–H and O–H groups in total. The number of ether oxygens (including phenoxy) is 2. The van der Waals surface area contributed by atoms with Gasteiger partial charge in [-0.1, -0.05) is 30.0 Å². The molecule has 0 saturated heterocycles. The van der Waals surface area contributed by atoms with Gasteiger partial charge in [-0.3, -0.25) is 14.2 Å². The highest BCUT2D eigenvalue weighted by Gasteiger charge is 2.26. The fourth-order valence-corrected chi connectivity index (χ4v) is 5.18. The largest absolute Gasteiger partial charge is 0.486 e. The first-order chi connectivity index (χ1) is 17.6. The zero-order valence-corrected chi connectivity index (χ0v) is 22.7. The van der Waals surface area contributed by atoms with E-state index in [0.717, 1.165) is 22.6 Å². The van der Waals surface area contributed by atoms with Crippen LogP contribution < -0.4 is 15.8 Å². The van der Waals surface area contributed by atoms with Gasteiger partial charge in [-0.05, 0) is 51.0 Å². The second-order valence-electron chi connectivity index (χ2n) is 8.32. The summed E-state index contributed by atoms with van der Waals surface area (Å²) < 4.78 is 12.9. The Balaban J connectivity index is 1.71. The SMILES string of the molecule is C=CCn1c(COc2cccc(C)c2)nnc1SCC(=O)Nc1sc(C(N)=O)c(C)c1C(=O)OC(C)C. The van der Waals surface area contributed by atoms with Crippen LogP contribution in [0.4, 0.5) is 5.00 Å². The predicted octanol–water partition coefficient (Wildman–Crippen LogP) is 4.12. The van der Waals surface area contributed by atoms with Gasteiger partial charge in [-0.15, -0.1) is 28.1 Å². The zero-order valence-electron chi connectivity index (χ0n) is 21.1. The van der Waals surface area contributed by atoms with Crippen molar-refractivity contribution >= 4 is 45.9 Å². The van der Waals surface area contributed by atoms with Gasteiger partial charge < -0.3 is 20.5 Å². The molecule has 3 aromatic rings. The summed E-state index contributed by atoms with van der Waals surface area (Å²) in [5.41, 5.74) is 7.02. The number of aromatic nitrogens is 3. The van der Waals surface area contributed by atoms with Crippen molar-refractivity contribution in [3.8, 4) is 5.75 Å². The van der Waals surface area contributed by atoms with Crippen molar-refractivity contribution in [2.75, 3.05) is 11.1 Å². The van der Waals surface area contributed by atoms with Crippen LogP contribution in [0.1, 0.15) is 50.8 Å². The number of hydrogen-bond acceptors (Lipinski definition) is 9. The van der Waals surface area contributed by atoms with E-state index >= 15 is 0 Å². The average Bonchev–Trinajstić information content (AvgIpc) is 3.36. The summed E-state index contributed by atoms with van der Waals surface area (Å²) in [5, 5.41) is 11.8. The highest BCUT2D eigenvalue weighted by molar-refractivity contribution is 7.99. The van der Waals surface area contributed by atoms with E-state index in [1.165, 1.54) is 11.8 Å². The van der Waals surface area contributed by atoms with Crippen molar-refractivity contribution in [3.05, 3.63) is 64.3 Å². The van der Waals surface area contributed by atoms with Crippen LogP contribution in [0.3, 0.4) is 0 Å². The Hall–Kier alpha value is -3.64. The number of allylic oxidation sites excluding steroid dienone is 1. The third-order valence-electron chi connectivity index (χ3n) is 4.97. The molecule has 0 bridgehead atoms. The van der Waals surface area contributed by atoms with Gasteiger partial charge in [0.1, 0.15) is 17.4 Å². The predicted molar refractivity (Wildman–Crippen MR) is 143 cm³/mol. The van der Waals surface area contributed by atoms with Crippen LogP contribution in [-0.4, -0.2) is 44.4 Å². The number of nitrogens with one attached hydrogen (secondary N) is 1. The number of primary amides is 1. The number of hydrogen-bond donors (Lipinski definition) is 2. The number of thiophene rings is 1. The van der Waals surface area contributed by atoms with Crippen molar-refractivity contribution in [1.82, 2.24) is 14.8 Å². The van der Waals surface area contributed by atoms with Crippen LogP contribution in [-0.2, 0) is 22.7 Å². The van der Waals surface area contributed by atoms with Crippen LogP contribution in [0.15, 0.2) is 42.1 Å². The molecule has 0 fully saturated rings. The second kappa shape index (κ2) is 12.5. The molecule has 12 heteroatoms. The number of anilines is 1. The summed E-state index contributed by atoms with van der Waals surface area (Å²) in [5.74, 6) is -0.433. The maximum Gasteiger partial charge on any atom is 0.341 e.